The molecule has 2 aromatic carbocycles. The lowest BCUT2D eigenvalue weighted by molar-refractivity contribution is -2.00. The van der Waals surface area contributed by atoms with Crippen molar-refractivity contribution in [3.8, 4) is 16.9 Å². The zero-order valence-corrected chi connectivity index (χ0v) is 23.1. The summed E-state index contributed by atoms with van der Waals surface area (Å²) in [5.74, 6) is 0.161. The molecular weight excluding hydrogens is 574 g/mol. The van der Waals surface area contributed by atoms with E-state index in [4.69, 9.17) is 33.2 Å². The quantitative estimate of drug-likeness (QED) is 0.139. The summed E-state index contributed by atoms with van der Waals surface area (Å²) in [4.78, 5) is 16.4. The van der Waals surface area contributed by atoms with E-state index in [-0.39, 0.29) is 30.1 Å². The first-order valence-electron chi connectivity index (χ1n) is 11.1. The number of benzene rings is 2. The Morgan fingerprint density at radius 3 is 2.18 bits per heavy atom. The third-order valence-corrected chi connectivity index (χ3v) is 7.51. The first-order valence-corrected chi connectivity index (χ1v) is 14.7. The van der Waals surface area contributed by atoms with Crippen LogP contribution < -0.4 is 33.1 Å². The van der Waals surface area contributed by atoms with Gasteiger partial charge in [-0.15, -0.1) is 21.6 Å². The first kappa shape index (κ1) is 30.3. The lowest BCUT2D eigenvalue weighted by Gasteiger charge is -2.17. The molecule has 12 nitrogen and oxygen atoms in total. The number of aromatic nitrogens is 2. The van der Waals surface area contributed by atoms with Crippen LogP contribution in [0.25, 0.3) is 21.3 Å². The van der Waals surface area contributed by atoms with Gasteiger partial charge in [-0.25, -0.2) is 42.0 Å². The number of ether oxygens (including phenoxy) is 2. The molecule has 0 aliphatic carbocycles. The highest BCUT2D eigenvalue weighted by Gasteiger charge is 2.19. The Hall–Kier alpha value is -3.21. The van der Waals surface area contributed by atoms with Crippen molar-refractivity contribution >= 4 is 37.5 Å². The normalized spacial score (nSPS) is 11.6. The molecule has 0 amide bonds. The number of primary sulfonamides is 1. The van der Waals surface area contributed by atoms with Crippen LogP contribution in [0.15, 0.2) is 65.0 Å². The van der Waals surface area contributed by atoms with Crippen LogP contribution >= 0.6 is 11.3 Å². The number of hydrogen-bond acceptors (Lipinski definition) is 11. The van der Waals surface area contributed by atoms with Crippen molar-refractivity contribution in [3.63, 3.8) is 0 Å². The summed E-state index contributed by atoms with van der Waals surface area (Å²) in [5, 5.41) is 5.13. The van der Waals surface area contributed by atoms with Gasteiger partial charge in [0.05, 0.1) is 10.2 Å². The van der Waals surface area contributed by atoms with Gasteiger partial charge in [0.15, 0.2) is 11.4 Å². The molecule has 208 valence electrons. The Morgan fingerprint density at radius 2 is 1.59 bits per heavy atom. The summed E-state index contributed by atoms with van der Waals surface area (Å²) in [6, 6.07) is 19.2. The topological polar surface area (TPSA) is 205 Å². The molecule has 4 aromatic rings. The molecule has 15 heteroatoms. The minimum atomic E-state index is -4.94. The number of pyridine rings is 1. The fourth-order valence-corrected chi connectivity index (χ4v) is 5.24. The van der Waals surface area contributed by atoms with Gasteiger partial charge in [0, 0.05) is 26.0 Å². The number of rotatable bonds is 8. The molecular formula is C24H24ClN3O9S2. The molecule has 0 unspecified atom stereocenters. The van der Waals surface area contributed by atoms with E-state index in [0.29, 0.717) is 16.0 Å². The predicted molar refractivity (Wildman–Crippen MR) is 129 cm³/mol. The predicted octanol–water partition coefficient (Wildman–Crippen LogP) is -1.62. The third kappa shape index (κ3) is 9.49. The number of hydrogen-bond donors (Lipinski definition) is 1. The maximum atomic E-state index is 12.4. The maximum Gasteiger partial charge on any atom is 0.372 e. The molecule has 0 saturated carbocycles. The van der Waals surface area contributed by atoms with E-state index in [2.05, 4.69) is 29.2 Å². The van der Waals surface area contributed by atoms with E-state index in [1.807, 2.05) is 36.6 Å². The number of fused-ring (bicyclic) bond motifs is 1. The number of sulfonamides is 1. The highest BCUT2D eigenvalue weighted by Crippen LogP contribution is 2.28. The molecule has 2 heterocycles. The van der Waals surface area contributed by atoms with Crippen LogP contribution in [0, 0.1) is 24.1 Å². The summed E-state index contributed by atoms with van der Waals surface area (Å²) in [6.45, 7) is 4.28. The zero-order chi connectivity index (χ0) is 28.8. The lowest BCUT2D eigenvalue weighted by atomic mass is 10.0. The Morgan fingerprint density at radius 1 is 0.974 bits per heavy atom. The molecule has 2 N–H and O–H groups in total. The zero-order valence-electron chi connectivity index (χ0n) is 20.7. The van der Waals surface area contributed by atoms with Crippen molar-refractivity contribution < 1.29 is 56.1 Å². The SMILES string of the molecule is Cc1cc(-c2ccccc2)cc(C)[n+]1CC(=O)OCCOc1ccc2nc(S(N)(=O)=O)sc2c1.[O-][Cl+3]([O-])([O-])[O-]. The van der Waals surface area contributed by atoms with Crippen molar-refractivity contribution in [1.29, 1.82) is 0 Å². The van der Waals surface area contributed by atoms with Crippen molar-refractivity contribution in [2.24, 2.45) is 5.14 Å². The van der Waals surface area contributed by atoms with E-state index in [0.717, 1.165) is 33.9 Å². The molecule has 0 saturated heterocycles. The highest BCUT2D eigenvalue weighted by molar-refractivity contribution is 7.91. The minimum absolute atomic E-state index is 0.0861. The number of carbonyl (C=O) groups excluding carboxylic acids is 1. The fraction of sp³-hybridized carbons (Fsp3) is 0.208. The van der Waals surface area contributed by atoms with E-state index in [9.17, 15) is 13.2 Å². The number of aryl methyl sites for hydroxylation is 2. The van der Waals surface area contributed by atoms with Crippen molar-refractivity contribution in [3.05, 3.63) is 72.1 Å². The van der Waals surface area contributed by atoms with E-state index >= 15 is 0 Å². The Labute approximate surface area is 230 Å². The smallest absolute Gasteiger partial charge is 0.372 e. The molecule has 0 radical (unpaired) electrons. The van der Waals surface area contributed by atoms with Gasteiger partial charge in [-0.1, -0.05) is 30.3 Å². The van der Waals surface area contributed by atoms with Crippen LogP contribution in [0.5, 0.6) is 5.75 Å². The molecule has 0 fully saturated rings. The van der Waals surface area contributed by atoms with Crippen molar-refractivity contribution in [2.45, 2.75) is 24.7 Å². The van der Waals surface area contributed by atoms with E-state index in [1.165, 1.54) is 0 Å². The number of nitrogens with two attached hydrogens (primary N) is 1. The summed E-state index contributed by atoms with van der Waals surface area (Å²) < 4.78 is 70.3. The molecule has 0 bridgehead atoms. The summed E-state index contributed by atoms with van der Waals surface area (Å²) >= 11 is 0.974. The van der Waals surface area contributed by atoms with Crippen LogP contribution in [0.2, 0.25) is 0 Å². The van der Waals surface area contributed by atoms with Crippen LogP contribution in [0.1, 0.15) is 11.4 Å². The molecule has 2 aromatic heterocycles. The second-order valence-electron chi connectivity index (χ2n) is 8.08. The summed E-state index contributed by atoms with van der Waals surface area (Å²) in [5.41, 5.74) is 4.67. The average molecular weight is 598 g/mol. The van der Waals surface area contributed by atoms with Gasteiger partial charge in [-0.05, 0) is 29.3 Å². The second-order valence-corrected chi connectivity index (χ2v) is 11.6. The van der Waals surface area contributed by atoms with E-state index < -0.39 is 20.3 Å². The van der Waals surface area contributed by atoms with Crippen LogP contribution in [0.4, 0.5) is 0 Å². The first-order chi connectivity index (χ1) is 18.2. The standard InChI is InChI=1S/C24H24N3O5S2.ClHO4/c1-16-12-19(18-6-4-3-5-7-18)13-17(2)27(16)15-23(28)32-11-10-31-20-8-9-21-22(14-20)33-24(26-21)34(25,29)30;2-1(3,4)5/h3-9,12-14H,10-11,15H2,1-2H3,(H2,25,29,30);(H,2,3,4,5)/q+1;/p-1. The summed E-state index contributed by atoms with van der Waals surface area (Å²) in [7, 11) is -8.79. The maximum absolute atomic E-state index is 12.4. The van der Waals surface area contributed by atoms with Crippen LogP contribution in [-0.2, 0) is 26.1 Å². The fourth-order valence-electron chi connectivity index (χ4n) is 3.56. The monoisotopic (exact) mass is 597 g/mol. The number of nitrogens with zero attached hydrogens (tertiary/aromatic N) is 2. The Balaban J connectivity index is 0.000000771. The van der Waals surface area contributed by atoms with Gasteiger partial charge in [0.2, 0.25) is 10.9 Å². The Kier molecular flexibility index (Phi) is 9.93. The van der Waals surface area contributed by atoms with Crippen LogP contribution in [-0.4, -0.2) is 32.6 Å². The number of thiazole rings is 1. The lowest BCUT2D eigenvalue weighted by Crippen LogP contribution is -2.68. The average Bonchev–Trinajstić information content (AvgIpc) is 3.28. The highest BCUT2D eigenvalue weighted by atomic mass is 35.7. The molecule has 4 rings (SSSR count). The molecule has 0 aliphatic rings. The van der Waals surface area contributed by atoms with Gasteiger partial charge < -0.3 is 9.47 Å². The van der Waals surface area contributed by atoms with Gasteiger partial charge in [-0.3, -0.25) is 0 Å². The molecule has 0 atom stereocenters. The molecule has 0 aliphatic heterocycles. The van der Waals surface area contributed by atoms with Crippen molar-refractivity contribution in [1.82, 2.24) is 4.98 Å². The number of halogens is 1. The number of esters is 1. The third-order valence-electron chi connectivity index (χ3n) is 5.17. The minimum Gasteiger partial charge on any atom is -0.490 e. The van der Waals surface area contributed by atoms with Gasteiger partial charge >= 0.3 is 5.97 Å². The summed E-state index contributed by atoms with van der Waals surface area (Å²) in [6.07, 6.45) is 0. The van der Waals surface area contributed by atoms with Gasteiger partial charge in [0.1, 0.15) is 19.0 Å². The molecule has 39 heavy (non-hydrogen) atoms. The number of carbonyl (C=O) groups is 1. The van der Waals surface area contributed by atoms with Gasteiger partial charge in [0.25, 0.3) is 10.0 Å². The van der Waals surface area contributed by atoms with Crippen LogP contribution in [0.3, 0.4) is 0 Å². The largest absolute Gasteiger partial charge is 0.490 e. The Bertz CT molecular complexity index is 1530. The second kappa shape index (κ2) is 12.8. The van der Waals surface area contributed by atoms with Gasteiger partial charge in [-0.2, -0.15) is 4.57 Å². The molecule has 0 spiro atoms. The van der Waals surface area contributed by atoms with E-state index in [1.54, 1.807) is 18.2 Å². The van der Waals surface area contributed by atoms with Crippen molar-refractivity contribution in [2.75, 3.05) is 13.2 Å².